The van der Waals surface area contributed by atoms with Crippen molar-refractivity contribution in [2.75, 3.05) is 19.8 Å². The van der Waals surface area contributed by atoms with Crippen LogP contribution in [0.25, 0.3) is 0 Å². The van der Waals surface area contributed by atoms with Gasteiger partial charge in [0, 0.05) is 11.8 Å². The molecule has 2 bridgehead atoms. The maximum atomic E-state index is 13.4. The monoisotopic (exact) mass is 360 g/mol. The number of likely N-dealkylation sites (tertiary alicyclic amines) is 1. The van der Waals surface area contributed by atoms with E-state index in [0.717, 1.165) is 13.1 Å². The van der Waals surface area contributed by atoms with Crippen LogP contribution in [0.2, 0.25) is 0 Å². The minimum absolute atomic E-state index is 0.00875. The molecule has 2 amide bonds. The normalized spacial score (nSPS) is 27.7. The van der Waals surface area contributed by atoms with Crippen molar-refractivity contribution < 1.29 is 9.59 Å². The van der Waals surface area contributed by atoms with Crippen LogP contribution in [0.15, 0.2) is 48.5 Å². The maximum absolute atomic E-state index is 13.4. The van der Waals surface area contributed by atoms with E-state index in [2.05, 4.69) is 43.0 Å². The van der Waals surface area contributed by atoms with Gasteiger partial charge >= 0.3 is 0 Å². The molecule has 1 heterocycles. The van der Waals surface area contributed by atoms with Crippen LogP contribution in [-0.2, 0) is 9.59 Å². The smallest absolute Gasteiger partial charge is 0.235 e. The number of imide groups is 1. The fourth-order valence-corrected chi connectivity index (χ4v) is 5.50. The van der Waals surface area contributed by atoms with Gasteiger partial charge in [0.05, 0.1) is 18.5 Å². The third-order valence-corrected chi connectivity index (χ3v) is 6.78. The molecular weight excluding hydrogens is 336 g/mol. The predicted octanol–water partition coefficient (Wildman–Crippen LogP) is 3.18. The van der Waals surface area contributed by atoms with Gasteiger partial charge in [0.25, 0.3) is 0 Å². The second-order valence-electron chi connectivity index (χ2n) is 7.81. The van der Waals surface area contributed by atoms with Crippen molar-refractivity contribution in [3.63, 3.8) is 0 Å². The first kappa shape index (κ1) is 16.7. The lowest BCUT2D eigenvalue weighted by Crippen LogP contribution is -2.42. The van der Waals surface area contributed by atoms with E-state index in [0.29, 0.717) is 6.67 Å². The molecule has 0 radical (unpaired) electrons. The molecule has 1 fully saturated rings. The quantitative estimate of drug-likeness (QED) is 0.787. The summed E-state index contributed by atoms with van der Waals surface area (Å²) in [6.45, 7) is 6.20. The average Bonchev–Trinajstić information content (AvgIpc) is 2.97. The first-order chi connectivity index (χ1) is 13.2. The number of carbonyl (C=O) groups excluding carboxylic acids is 2. The fraction of sp³-hybridized carbons (Fsp3) is 0.391. The lowest BCUT2D eigenvalue weighted by molar-refractivity contribution is -0.142. The number of rotatable bonds is 4. The van der Waals surface area contributed by atoms with E-state index in [1.165, 1.54) is 27.2 Å². The van der Waals surface area contributed by atoms with E-state index >= 15 is 0 Å². The molecule has 0 aromatic heterocycles. The minimum atomic E-state index is -0.261. The van der Waals surface area contributed by atoms with Crippen molar-refractivity contribution in [2.24, 2.45) is 11.8 Å². The summed E-state index contributed by atoms with van der Waals surface area (Å²) in [5.41, 5.74) is 4.92. The molecule has 4 heteroatoms. The Kier molecular flexibility index (Phi) is 3.73. The molecule has 138 valence electrons. The fourth-order valence-electron chi connectivity index (χ4n) is 5.50. The van der Waals surface area contributed by atoms with Gasteiger partial charge < -0.3 is 0 Å². The zero-order valence-corrected chi connectivity index (χ0v) is 15.8. The second-order valence-corrected chi connectivity index (χ2v) is 7.81. The Bertz CT molecular complexity index is 818. The van der Waals surface area contributed by atoms with E-state index in [9.17, 15) is 9.59 Å². The molecule has 4 aliphatic rings. The first-order valence-electron chi connectivity index (χ1n) is 9.92. The third-order valence-electron chi connectivity index (χ3n) is 6.78. The molecule has 0 unspecified atom stereocenters. The lowest BCUT2D eigenvalue weighted by atomic mass is 9.55. The molecule has 3 aliphatic carbocycles. The molecule has 2 atom stereocenters. The van der Waals surface area contributed by atoms with Crippen LogP contribution in [0.3, 0.4) is 0 Å². The first-order valence-corrected chi connectivity index (χ1v) is 9.92. The highest BCUT2D eigenvalue weighted by Crippen LogP contribution is 2.60. The largest absolute Gasteiger partial charge is 0.286 e. The predicted molar refractivity (Wildman–Crippen MR) is 103 cm³/mol. The molecule has 1 saturated heterocycles. The Morgan fingerprint density at radius 3 is 1.44 bits per heavy atom. The van der Waals surface area contributed by atoms with Gasteiger partial charge in [0.1, 0.15) is 0 Å². The standard InChI is InChI=1S/C23H24N2O2/c1-3-24(4-2)13-25-22(26)20-18-14-9-5-6-10-15(14)19(21(20)23(25)27)17-12-8-7-11-16(17)18/h5-12,18-21H,3-4,13H2,1-2H3/t18?,19?,20-,21-/m1/s1. The summed E-state index contributed by atoms with van der Waals surface area (Å²) in [4.78, 5) is 30.5. The van der Waals surface area contributed by atoms with Gasteiger partial charge in [-0.25, -0.2) is 0 Å². The zero-order chi connectivity index (χ0) is 18.7. The summed E-state index contributed by atoms with van der Waals surface area (Å²) >= 11 is 0. The molecule has 2 aromatic carbocycles. The van der Waals surface area contributed by atoms with Gasteiger partial charge in [-0.15, -0.1) is 0 Å². The number of hydrogen-bond donors (Lipinski definition) is 0. The van der Waals surface area contributed by atoms with E-state index in [-0.39, 0.29) is 35.5 Å². The highest BCUT2D eigenvalue weighted by atomic mass is 16.2. The van der Waals surface area contributed by atoms with Crippen molar-refractivity contribution in [2.45, 2.75) is 25.7 Å². The van der Waals surface area contributed by atoms with Crippen molar-refractivity contribution in [1.82, 2.24) is 9.80 Å². The van der Waals surface area contributed by atoms with Gasteiger partial charge in [-0.2, -0.15) is 0 Å². The number of amides is 2. The molecular formula is C23H24N2O2. The Morgan fingerprint density at radius 1 is 0.741 bits per heavy atom. The van der Waals surface area contributed by atoms with Gasteiger partial charge in [0.2, 0.25) is 11.8 Å². The molecule has 0 N–H and O–H groups in total. The molecule has 2 aromatic rings. The van der Waals surface area contributed by atoms with Crippen LogP contribution in [0.1, 0.15) is 47.9 Å². The summed E-state index contributed by atoms with van der Waals surface area (Å²) in [6, 6.07) is 16.8. The average molecular weight is 360 g/mol. The Labute approximate surface area is 159 Å². The number of hydrogen-bond acceptors (Lipinski definition) is 3. The van der Waals surface area contributed by atoms with E-state index in [1.807, 2.05) is 24.3 Å². The summed E-state index contributed by atoms with van der Waals surface area (Å²) in [5.74, 6) is -0.520. The highest BCUT2D eigenvalue weighted by molar-refractivity contribution is 6.07. The number of nitrogens with zero attached hydrogens (tertiary/aromatic N) is 2. The van der Waals surface area contributed by atoms with Crippen LogP contribution in [0.4, 0.5) is 0 Å². The Balaban J connectivity index is 1.65. The van der Waals surface area contributed by atoms with E-state index < -0.39 is 0 Å². The van der Waals surface area contributed by atoms with Crippen LogP contribution in [0.5, 0.6) is 0 Å². The molecule has 6 rings (SSSR count). The zero-order valence-electron chi connectivity index (χ0n) is 15.8. The third kappa shape index (κ3) is 2.13. The van der Waals surface area contributed by atoms with Gasteiger partial charge in [-0.3, -0.25) is 19.4 Å². The molecule has 4 nitrogen and oxygen atoms in total. The van der Waals surface area contributed by atoms with E-state index in [1.54, 1.807) is 0 Å². The summed E-state index contributed by atoms with van der Waals surface area (Å²) in [5, 5.41) is 0. The van der Waals surface area contributed by atoms with Gasteiger partial charge in [0.15, 0.2) is 0 Å². The van der Waals surface area contributed by atoms with Crippen molar-refractivity contribution in [3.05, 3.63) is 70.8 Å². The van der Waals surface area contributed by atoms with E-state index in [4.69, 9.17) is 0 Å². The molecule has 1 aliphatic heterocycles. The summed E-state index contributed by atoms with van der Waals surface area (Å²) in [7, 11) is 0. The van der Waals surface area contributed by atoms with Crippen LogP contribution in [0, 0.1) is 11.8 Å². The topological polar surface area (TPSA) is 40.6 Å². The Morgan fingerprint density at radius 2 is 1.11 bits per heavy atom. The lowest BCUT2D eigenvalue weighted by Gasteiger charge is -2.45. The summed E-state index contributed by atoms with van der Waals surface area (Å²) < 4.78 is 0. The second kappa shape index (κ2) is 6.03. The Hall–Kier alpha value is -2.46. The molecule has 0 spiro atoms. The maximum Gasteiger partial charge on any atom is 0.235 e. The van der Waals surface area contributed by atoms with Gasteiger partial charge in [-0.05, 0) is 35.3 Å². The molecule has 0 saturated carbocycles. The van der Waals surface area contributed by atoms with Gasteiger partial charge in [-0.1, -0.05) is 62.4 Å². The van der Waals surface area contributed by atoms with Crippen LogP contribution in [-0.4, -0.2) is 41.4 Å². The summed E-state index contributed by atoms with van der Waals surface area (Å²) in [6.07, 6.45) is 0. The van der Waals surface area contributed by atoms with Crippen molar-refractivity contribution in [3.8, 4) is 0 Å². The number of carbonyl (C=O) groups is 2. The highest BCUT2D eigenvalue weighted by Gasteiger charge is 2.61. The molecule has 27 heavy (non-hydrogen) atoms. The van der Waals surface area contributed by atoms with Crippen LogP contribution >= 0.6 is 0 Å². The van der Waals surface area contributed by atoms with Crippen molar-refractivity contribution >= 4 is 11.8 Å². The minimum Gasteiger partial charge on any atom is -0.286 e. The number of benzene rings is 2. The SMILES string of the molecule is CCN(CC)CN1C(=O)[C@@H]2C3c4ccccc4C(c4ccccc43)[C@H]2C1=O. The van der Waals surface area contributed by atoms with Crippen molar-refractivity contribution in [1.29, 1.82) is 0 Å². The van der Waals surface area contributed by atoms with Crippen LogP contribution < -0.4 is 0 Å².